The van der Waals surface area contributed by atoms with Crippen LogP contribution < -0.4 is 26.6 Å². The number of carboxylic acid groups (broad SMARTS) is 1. The van der Waals surface area contributed by atoms with E-state index in [1.165, 1.54) is 4.83 Å². The number of guanidine groups is 1. The highest BCUT2D eigenvalue weighted by Gasteiger charge is 2.34. The summed E-state index contributed by atoms with van der Waals surface area (Å²) < 4.78 is 93.2. The van der Waals surface area contributed by atoms with E-state index in [0.717, 1.165) is 0 Å². The van der Waals surface area contributed by atoms with Gasteiger partial charge in [0.2, 0.25) is 11.7 Å². The minimum absolute atomic E-state index is 0.0115. The Balaban J connectivity index is 2.26. The van der Waals surface area contributed by atoms with E-state index >= 15 is 0 Å². The first-order chi connectivity index (χ1) is 17.8. The molecule has 0 radical (unpaired) electrons. The van der Waals surface area contributed by atoms with Gasteiger partial charge >= 0.3 is 5.97 Å². The molecule has 11 nitrogen and oxygen atoms in total. The highest BCUT2D eigenvalue weighted by atomic mass is 32.2. The quantitative estimate of drug-likeness (QED) is 0.0349. The van der Waals surface area contributed by atoms with Crippen molar-refractivity contribution in [3.8, 4) is 0 Å². The van der Waals surface area contributed by atoms with Crippen LogP contribution >= 0.6 is 0 Å². The zero-order chi connectivity index (χ0) is 28.6. The fourth-order valence-electron chi connectivity index (χ4n) is 3.14. The molecule has 0 aromatic heterocycles. The summed E-state index contributed by atoms with van der Waals surface area (Å²) in [5.41, 5.74) is 7.63. The van der Waals surface area contributed by atoms with Gasteiger partial charge in [0, 0.05) is 13.0 Å². The number of benzene rings is 2. The fraction of sp³-hybridized carbons (Fsp3) is 0.286. The maximum absolute atomic E-state index is 14.0. The van der Waals surface area contributed by atoms with E-state index in [2.05, 4.69) is 10.6 Å². The van der Waals surface area contributed by atoms with Gasteiger partial charge in [-0.1, -0.05) is 30.3 Å². The summed E-state index contributed by atoms with van der Waals surface area (Å²) in [6, 6.07) is 5.08. The Hall–Kier alpha value is -3.83. The zero-order valence-corrected chi connectivity index (χ0v) is 20.1. The third kappa shape index (κ3) is 7.83. The van der Waals surface area contributed by atoms with Crippen molar-refractivity contribution in [2.24, 2.45) is 5.73 Å². The van der Waals surface area contributed by atoms with Gasteiger partial charge in [0.1, 0.15) is 12.1 Å². The van der Waals surface area contributed by atoms with E-state index in [1.54, 1.807) is 30.3 Å². The molecule has 0 aliphatic heterocycles. The number of carbonyl (C=O) groups is 2. The number of amides is 1. The Morgan fingerprint density at radius 3 is 2.03 bits per heavy atom. The van der Waals surface area contributed by atoms with E-state index in [1.807, 2.05) is 5.43 Å². The molecule has 0 aliphatic carbocycles. The van der Waals surface area contributed by atoms with E-state index in [-0.39, 0.29) is 25.8 Å². The van der Waals surface area contributed by atoms with Crippen molar-refractivity contribution >= 4 is 27.9 Å². The van der Waals surface area contributed by atoms with Crippen molar-refractivity contribution in [3.63, 3.8) is 0 Å². The molecular weight excluding hydrogens is 543 g/mol. The van der Waals surface area contributed by atoms with Crippen molar-refractivity contribution < 1.29 is 45.1 Å². The van der Waals surface area contributed by atoms with Crippen LogP contribution in [0.1, 0.15) is 18.4 Å². The summed E-state index contributed by atoms with van der Waals surface area (Å²) in [4.78, 5) is 23.7. The maximum Gasteiger partial charge on any atom is 0.326 e. The lowest BCUT2D eigenvalue weighted by Crippen LogP contribution is -2.55. The molecule has 2 aromatic carbocycles. The van der Waals surface area contributed by atoms with Gasteiger partial charge in [0.25, 0.3) is 10.0 Å². The number of aliphatic carboxylic acids is 1. The third-order valence-electron chi connectivity index (χ3n) is 5.00. The lowest BCUT2D eigenvalue weighted by Gasteiger charge is -2.22. The first kappa shape index (κ1) is 30.4. The minimum atomic E-state index is -5.47. The van der Waals surface area contributed by atoms with Gasteiger partial charge in [-0.3, -0.25) is 10.2 Å². The van der Waals surface area contributed by atoms with Crippen LogP contribution in [0.5, 0.6) is 0 Å². The van der Waals surface area contributed by atoms with E-state index in [9.17, 15) is 45.1 Å². The van der Waals surface area contributed by atoms with E-state index in [0.29, 0.717) is 5.56 Å². The summed E-state index contributed by atoms with van der Waals surface area (Å²) in [7, 11) is -5.47. The second-order valence-electron chi connectivity index (χ2n) is 7.77. The van der Waals surface area contributed by atoms with Crippen LogP contribution in [0.4, 0.5) is 22.0 Å². The summed E-state index contributed by atoms with van der Waals surface area (Å²) in [5.74, 6) is -15.7. The van der Waals surface area contributed by atoms with Gasteiger partial charge in [-0.15, -0.1) is 4.83 Å². The molecule has 8 N–H and O–H groups in total. The number of nitrogens with two attached hydrogens (primary N) is 1. The Labute approximate surface area is 213 Å². The number of hydrogen-bond donors (Lipinski definition) is 7. The van der Waals surface area contributed by atoms with Gasteiger partial charge in [-0.05, 0) is 18.4 Å². The SMILES string of the molecule is N=C(N)NCCC[C@H](NNS(=O)(=O)c1c(F)c(F)c(F)c(F)c1F)C(=O)N[C@@H](Cc1ccccc1)C(=O)O. The van der Waals surface area contributed by atoms with Crippen molar-refractivity contribution in [1.29, 1.82) is 5.41 Å². The summed E-state index contributed by atoms with van der Waals surface area (Å²) >= 11 is 0. The van der Waals surface area contributed by atoms with Gasteiger partial charge in [0.15, 0.2) is 34.1 Å². The topological polar surface area (TPSA) is 186 Å². The second kappa shape index (κ2) is 13.1. The predicted octanol–water partition coefficient (Wildman–Crippen LogP) is 0.609. The van der Waals surface area contributed by atoms with E-state index < -0.39 is 73.9 Å². The molecule has 2 atom stereocenters. The predicted molar refractivity (Wildman–Crippen MR) is 122 cm³/mol. The number of halogens is 5. The standard InChI is InChI=1S/C21H23F5N6O5S/c22-13-14(23)16(25)18(17(26)15(13)24)38(36,37)32-31-11(7-4-8-29-21(27)28)19(33)30-12(20(34)35)9-10-5-2-1-3-6-10/h1-3,5-6,11-12,31-32H,4,7-9H2,(H,30,33)(H,34,35)(H4,27,28,29)/t11-,12-/m0/s1. The smallest absolute Gasteiger partial charge is 0.326 e. The molecule has 0 unspecified atom stereocenters. The first-order valence-electron chi connectivity index (χ1n) is 10.7. The number of rotatable bonds is 13. The number of hydrogen-bond acceptors (Lipinski definition) is 6. The molecule has 0 bridgehead atoms. The van der Waals surface area contributed by atoms with Gasteiger partial charge in [0.05, 0.1) is 0 Å². The number of nitrogens with one attached hydrogen (secondary N) is 5. The van der Waals surface area contributed by atoms with Crippen LogP contribution in [0.3, 0.4) is 0 Å². The normalized spacial score (nSPS) is 13.0. The zero-order valence-electron chi connectivity index (χ0n) is 19.3. The van der Waals surface area contributed by atoms with Crippen molar-refractivity contribution in [2.45, 2.75) is 36.2 Å². The number of carbonyl (C=O) groups excluding carboxylic acids is 1. The van der Waals surface area contributed by atoms with Crippen LogP contribution in [-0.2, 0) is 26.0 Å². The maximum atomic E-state index is 14.0. The summed E-state index contributed by atoms with van der Waals surface area (Å²) in [5, 5.41) is 21.2. The average Bonchev–Trinajstić information content (AvgIpc) is 2.85. The Kier molecular flexibility index (Phi) is 10.5. The molecule has 2 rings (SSSR count). The minimum Gasteiger partial charge on any atom is -0.480 e. The van der Waals surface area contributed by atoms with Crippen molar-refractivity contribution in [3.05, 3.63) is 65.0 Å². The monoisotopic (exact) mass is 566 g/mol. The molecule has 0 heterocycles. The third-order valence-corrected chi connectivity index (χ3v) is 6.29. The molecule has 0 fully saturated rings. The second-order valence-corrected chi connectivity index (χ2v) is 9.39. The summed E-state index contributed by atoms with van der Waals surface area (Å²) in [6.07, 6.45) is -0.383. The number of sulfonamides is 1. The van der Waals surface area contributed by atoms with Gasteiger partial charge in [-0.25, -0.2) is 40.6 Å². The van der Waals surface area contributed by atoms with Crippen LogP contribution in [0.25, 0.3) is 0 Å². The average molecular weight is 567 g/mol. The molecule has 17 heteroatoms. The lowest BCUT2D eigenvalue weighted by atomic mass is 10.0. The number of carboxylic acids is 1. The fourth-order valence-corrected chi connectivity index (χ4v) is 4.19. The molecular formula is C21H23F5N6O5S. The van der Waals surface area contributed by atoms with Crippen LogP contribution in [-0.4, -0.2) is 50.0 Å². The Morgan fingerprint density at radius 1 is 0.947 bits per heavy atom. The van der Waals surface area contributed by atoms with E-state index in [4.69, 9.17) is 11.1 Å². The number of hydrazine groups is 1. The molecule has 0 spiro atoms. The van der Waals surface area contributed by atoms with Crippen LogP contribution in [0, 0.1) is 34.5 Å². The van der Waals surface area contributed by atoms with Crippen molar-refractivity contribution in [2.75, 3.05) is 6.54 Å². The molecule has 38 heavy (non-hydrogen) atoms. The van der Waals surface area contributed by atoms with Crippen molar-refractivity contribution in [1.82, 2.24) is 20.9 Å². The molecule has 0 saturated heterocycles. The Bertz CT molecular complexity index is 1270. The molecule has 1 amide bonds. The highest BCUT2D eigenvalue weighted by molar-refractivity contribution is 7.89. The van der Waals surface area contributed by atoms with Gasteiger partial charge in [-0.2, -0.15) is 0 Å². The lowest BCUT2D eigenvalue weighted by molar-refractivity contribution is -0.142. The molecule has 0 saturated carbocycles. The largest absolute Gasteiger partial charge is 0.480 e. The molecule has 208 valence electrons. The summed E-state index contributed by atoms with van der Waals surface area (Å²) in [6.45, 7) is 0.0115. The Morgan fingerprint density at radius 2 is 1.50 bits per heavy atom. The molecule has 2 aromatic rings. The molecule has 0 aliphatic rings. The van der Waals surface area contributed by atoms with Crippen LogP contribution in [0.2, 0.25) is 0 Å². The highest BCUT2D eigenvalue weighted by Crippen LogP contribution is 2.26. The van der Waals surface area contributed by atoms with Crippen LogP contribution in [0.15, 0.2) is 35.2 Å². The van der Waals surface area contributed by atoms with Gasteiger partial charge < -0.3 is 21.5 Å². The first-order valence-corrected chi connectivity index (χ1v) is 12.2.